The Labute approximate surface area is 141 Å². The molecular weight excluding hydrogens is 328 g/mol. The zero-order valence-electron chi connectivity index (χ0n) is 13.6. The molecule has 2 aliphatic heterocycles. The van der Waals surface area contributed by atoms with E-state index < -0.39 is 11.2 Å². The van der Waals surface area contributed by atoms with Crippen LogP contribution in [0, 0.1) is 0 Å². The van der Waals surface area contributed by atoms with Crippen molar-refractivity contribution in [2.24, 2.45) is 19.2 Å². The standard InChI is InChI=1S/C16H16N4O5/c1-19-14(21)13(15(22)20(2)16(19)23)10-6-9(17-18-10)8-3-4-11-12(5-8)25-7-24-11/h3-5,9,17,21H,6-7H2,1-2H3/t9-/m0/s1. The third kappa shape index (κ3) is 2.27. The summed E-state index contributed by atoms with van der Waals surface area (Å²) < 4.78 is 12.6. The number of nitrogens with zero attached hydrogens (tertiary/aromatic N) is 3. The highest BCUT2D eigenvalue weighted by atomic mass is 16.7. The van der Waals surface area contributed by atoms with E-state index in [-0.39, 0.29) is 24.3 Å². The Bertz CT molecular complexity index is 1020. The molecule has 4 rings (SSSR count). The van der Waals surface area contributed by atoms with Gasteiger partial charge in [-0.25, -0.2) is 4.79 Å². The van der Waals surface area contributed by atoms with E-state index in [1.807, 2.05) is 18.2 Å². The predicted molar refractivity (Wildman–Crippen MR) is 88.2 cm³/mol. The quantitative estimate of drug-likeness (QED) is 0.791. The van der Waals surface area contributed by atoms with E-state index in [0.29, 0.717) is 23.6 Å². The van der Waals surface area contributed by atoms with Gasteiger partial charge >= 0.3 is 5.69 Å². The molecule has 0 radical (unpaired) electrons. The van der Waals surface area contributed by atoms with Gasteiger partial charge in [-0.2, -0.15) is 5.10 Å². The molecule has 25 heavy (non-hydrogen) atoms. The normalized spacial score (nSPS) is 18.2. The molecule has 0 saturated heterocycles. The molecule has 0 bridgehead atoms. The van der Waals surface area contributed by atoms with Crippen LogP contribution < -0.4 is 26.1 Å². The summed E-state index contributed by atoms with van der Waals surface area (Å²) in [7, 11) is 2.77. The van der Waals surface area contributed by atoms with E-state index in [2.05, 4.69) is 10.5 Å². The highest BCUT2D eigenvalue weighted by Crippen LogP contribution is 2.36. The second-order valence-electron chi connectivity index (χ2n) is 5.96. The number of ether oxygens (including phenoxy) is 2. The maximum Gasteiger partial charge on any atom is 0.333 e. The number of benzene rings is 1. The maximum absolute atomic E-state index is 12.4. The minimum Gasteiger partial charge on any atom is -0.494 e. The smallest absolute Gasteiger partial charge is 0.333 e. The van der Waals surface area contributed by atoms with Crippen LogP contribution in [0.2, 0.25) is 0 Å². The number of aromatic hydroxyl groups is 1. The minimum atomic E-state index is -0.592. The first-order valence-electron chi connectivity index (χ1n) is 7.68. The molecule has 9 nitrogen and oxygen atoms in total. The van der Waals surface area contributed by atoms with Gasteiger partial charge in [-0.1, -0.05) is 6.07 Å². The average molecular weight is 344 g/mol. The summed E-state index contributed by atoms with van der Waals surface area (Å²) in [6, 6.07) is 5.39. The molecule has 2 aliphatic rings. The van der Waals surface area contributed by atoms with Crippen molar-refractivity contribution in [3.05, 3.63) is 50.2 Å². The van der Waals surface area contributed by atoms with Gasteiger partial charge in [-0.05, 0) is 17.7 Å². The summed E-state index contributed by atoms with van der Waals surface area (Å²) >= 11 is 0. The zero-order valence-corrected chi connectivity index (χ0v) is 13.6. The molecule has 0 fully saturated rings. The molecule has 2 aromatic rings. The summed E-state index contributed by atoms with van der Waals surface area (Å²) in [4.78, 5) is 24.2. The first-order valence-corrected chi connectivity index (χ1v) is 7.68. The first kappa shape index (κ1) is 15.3. The van der Waals surface area contributed by atoms with E-state index >= 15 is 0 Å². The van der Waals surface area contributed by atoms with Gasteiger partial charge in [0, 0.05) is 20.5 Å². The molecule has 0 amide bonds. The number of rotatable bonds is 2. The van der Waals surface area contributed by atoms with Gasteiger partial charge in [-0.15, -0.1) is 0 Å². The third-order valence-corrected chi connectivity index (χ3v) is 4.47. The van der Waals surface area contributed by atoms with Gasteiger partial charge in [0.25, 0.3) is 5.56 Å². The number of hydrazone groups is 1. The highest BCUT2D eigenvalue weighted by Gasteiger charge is 2.28. The Morgan fingerprint density at radius 2 is 1.96 bits per heavy atom. The molecule has 0 spiro atoms. The second-order valence-corrected chi connectivity index (χ2v) is 5.96. The molecule has 2 N–H and O–H groups in total. The Kier molecular flexibility index (Phi) is 3.31. The molecule has 1 aromatic heterocycles. The van der Waals surface area contributed by atoms with Crippen LogP contribution in [0.3, 0.4) is 0 Å². The largest absolute Gasteiger partial charge is 0.494 e. The molecule has 1 atom stereocenters. The van der Waals surface area contributed by atoms with Crippen molar-refractivity contribution in [1.82, 2.24) is 14.6 Å². The molecule has 9 heteroatoms. The molecule has 0 saturated carbocycles. The van der Waals surface area contributed by atoms with Crippen molar-refractivity contribution in [3.8, 4) is 17.4 Å². The Morgan fingerprint density at radius 1 is 1.20 bits per heavy atom. The van der Waals surface area contributed by atoms with Crippen LogP contribution in [0.15, 0.2) is 32.9 Å². The van der Waals surface area contributed by atoms with Gasteiger partial charge in [0.05, 0.1) is 11.8 Å². The summed E-state index contributed by atoms with van der Waals surface area (Å²) in [5.41, 5.74) is 3.14. The molecule has 3 heterocycles. The molecular formula is C16H16N4O5. The molecule has 1 aromatic carbocycles. The average Bonchev–Trinajstić information content (AvgIpc) is 3.27. The van der Waals surface area contributed by atoms with Crippen molar-refractivity contribution in [3.63, 3.8) is 0 Å². The summed E-state index contributed by atoms with van der Waals surface area (Å²) in [6.45, 7) is 0.195. The van der Waals surface area contributed by atoms with Crippen LogP contribution in [0.25, 0.3) is 0 Å². The Hall–Kier alpha value is -3.23. The van der Waals surface area contributed by atoms with E-state index in [1.165, 1.54) is 14.1 Å². The fourth-order valence-electron chi connectivity index (χ4n) is 3.01. The van der Waals surface area contributed by atoms with Gasteiger partial charge in [0.1, 0.15) is 5.56 Å². The zero-order chi connectivity index (χ0) is 17.7. The molecule has 0 aliphatic carbocycles. The highest BCUT2D eigenvalue weighted by molar-refractivity contribution is 6.03. The van der Waals surface area contributed by atoms with E-state index in [9.17, 15) is 14.7 Å². The van der Waals surface area contributed by atoms with Crippen LogP contribution in [0.4, 0.5) is 0 Å². The third-order valence-electron chi connectivity index (χ3n) is 4.47. The van der Waals surface area contributed by atoms with Crippen LogP contribution in [-0.2, 0) is 14.1 Å². The Morgan fingerprint density at radius 3 is 2.76 bits per heavy atom. The van der Waals surface area contributed by atoms with Crippen molar-refractivity contribution >= 4 is 5.71 Å². The van der Waals surface area contributed by atoms with Gasteiger partial charge < -0.3 is 20.0 Å². The fourth-order valence-corrected chi connectivity index (χ4v) is 3.01. The lowest BCUT2D eigenvalue weighted by Gasteiger charge is -2.12. The van der Waals surface area contributed by atoms with Crippen molar-refractivity contribution in [2.45, 2.75) is 12.5 Å². The molecule has 130 valence electrons. The predicted octanol–water partition coefficient (Wildman–Crippen LogP) is -0.0430. The summed E-state index contributed by atoms with van der Waals surface area (Å²) in [5.74, 6) is 0.959. The number of hydrogen-bond donors (Lipinski definition) is 2. The monoisotopic (exact) mass is 344 g/mol. The van der Waals surface area contributed by atoms with E-state index in [0.717, 1.165) is 14.7 Å². The first-order chi connectivity index (χ1) is 12.0. The minimum absolute atomic E-state index is 0.0281. The van der Waals surface area contributed by atoms with Crippen LogP contribution >= 0.6 is 0 Å². The van der Waals surface area contributed by atoms with E-state index in [4.69, 9.17) is 9.47 Å². The van der Waals surface area contributed by atoms with Crippen LogP contribution in [0.1, 0.15) is 23.6 Å². The summed E-state index contributed by atoms with van der Waals surface area (Å²) in [6.07, 6.45) is 0.390. The Balaban J connectivity index is 1.68. The van der Waals surface area contributed by atoms with Crippen molar-refractivity contribution in [1.29, 1.82) is 0 Å². The van der Waals surface area contributed by atoms with Gasteiger partial charge in [0.15, 0.2) is 11.5 Å². The lowest BCUT2D eigenvalue weighted by Crippen LogP contribution is -2.39. The maximum atomic E-state index is 12.4. The topological polar surface area (TPSA) is 107 Å². The van der Waals surface area contributed by atoms with E-state index in [1.54, 1.807) is 0 Å². The molecule has 0 unspecified atom stereocenters. The van der Waals surface area contributed by atoms with Crippen molar-refractivity contribution < 1.29 is 14.6 Å². The number of aromatic nitrogens is 2. The SMILES string of the molecule is Cn1c(O)c(C2=NN[C@H](c3ccc4c(c3)OCO4)C2)c(=O)n(C)c1=O. The summed E-state index contributed by atoms with van der Waals surface area (Å²) in [5, 5.41) is 14.4. The van der Waals surface area contributed by atoms with Gasteiger partial charge in [0.2, 0.25) is 12.7 Å². The lowest BCUT2D eigenvalue weighted by atomic mass is 9.99. The fraction of sp³-hybridized carbons (Fsp3) is 0.312. The lowest BCUT2D eigenvalue weighted by molar-refractivity contribution is 0.174. The van der Waals surface area contributed by atoms with Crippen LogP contribution in [0.5, 0.6) is 17.4 Å². The van der Waals surface area contributed by atoms with Crippen molar-refractivity contribution in [2.75, 3.05) is 6.79 Å². The second kappa shape index (κ2) is 5.40. The van der Waals surface area contributed by atoms with Gasteiger partial charge in [-0.3, -0.25) is 13.9 Å². The number of nitrogens with one attached hydrogen (secondary N) is 1. The van der Waals surface area contributed by atoms with Crippen LogP contribution in [-0.4, -0.2) is 26.7 Å². The number of hydrogen-bond acceptors (Lipinski definition) is 7. The number of fused-ring (bicyclic) bond motifs is 1.